The van der Waals surface area contributed by atoms with E-state index in [4.69, 9.17) is 4.74 Å². The highest BCUT2D eigenvalue weighted by Crippen LogP contribution is 2.31. The molecule has 0 spiro atoms. The first-order valence-electron chi connectivity index (χ1n) is 6.43. The number of nitrogens with zero attached hydrogens (tertiary/aromatic N) is 2. The molecule has 1 N–H and O–H groups in total. The Morgan fingerprint density at radius 1 is 1.38 bits per heavy atom. The highest BCUT2D eigenvalue weighted by molar-refractivity contribution is 9.10. The van der Waals surface area contributed by atoms with Crippen LogP contribution in [-0.2, 0) is 0 Å². The minimum absolute atomic E-state index is 0.0642. The van der Waals surface area contributed by atoms with Crippen LogP contribution in [0, 0.1) is 10.1 Å². The lowest BCUT2D eigenvalue weighted by Crippen LogP contribution is -2.03. The van der Waals surface area contributed by atoms with Gasteiger partial charge in [-0.05, 0) is 34.5 Å². The zero-order valence-electron chi connectivity index (χ0n) is 11.4. The molecule has 1 heterocycles. The number of para-hydroxylation sites is 1. The van der Waals surface area contributed by atoms with Crippen molar-refractivity contribution < 1.29 is 9.66 Å². The molecule has 0 unspecified atom stereocenters. The Kier molecular flexibility index (Phi) is 5.10. The first-order chi connectivity index (χ1) is 10.1. The van der Waals surface area contributed by atoms with Crippen LogP contribution in [0.25, 0.3) is 0 Å². The molecule has 0 aliphatic carbocycles. The van der Waals surface area contributed by atoms with E-state index in [9.17, 15) is 10.1 Å². The van der Waals surface area contributed by atoms with E-state index in [0.717, 1.165) is 10.9 Å². The molecule has 0 bridgehead atoms. The summed E-state index contributed by atoms with van der Waals surface area (Å²) in [7, 11) is 0. The molecule has 0 amide bonds. The van der Waals surface area contributed by atoms with Crippen molar-refractivity contribution in [2.24, 2.45) is 0 Å². The number of nitrogens with one attached hydrogen (secondary N) is 1. The highest BCUT2D eigenvalue weighted by atomic mass is 79.9. The third kappa shape index (κ3) is 4.16. The third-order valence-corrected chi connectivity index (χ3v) is 3.26. The lowest BCUT2D eigenvalue weighted by atomic mass is 10.3. The van der Waals surface area contributed by atoms with E-state index >= 15 is 0 Å². The van der Waals surface area contributed by atoms with Crippen LogP contribution in [0.1, 0.15) is 13.3 Å². The topological polar surface area (TPSA) is 77.3 Å². The van der Waals surface area contributed by atoms with Crippen LogP contribution < -0.4 is 10.1 Å². The first kappa shape index (κ1) is 15.2. The van der Waals surface area contributed by atoms with Crippen molar-refractivity contribution in [3.8, 4) is 11.6 Å². The Hall–Kier alpha value is -2.15. The second kappa shape index (κ2) is 7.03. The molecule has 0 fully saturated rings. The largest absolute Gasteiger partial charge is 0.438 e. The van der Waals surface area contributed by atoms with Crippen LogP contribution >= 0.6 is 15.9 Å². The van der Waals surface area contributed by atoms with Crippen molar-refractivity contribution in [3.63, 3.8) is 0 Å². The quantitative estimate of drug-likeness (QED) is 0.617. The van der Waals surface area contributed by atoms with E-state index in [1.54, 1.807) is 6.07 Å². The standard InChI is InChI=1S/C14H14BrN3O3/c1-2-7-16-13-8-10(18(19)20)9-14(17-13)21-12-6-4-3-5-11(12)15/h3-6,8-9H,2,7H2,1H3,(H,16,17). The van der Waals surface area contributed by atoms with Gasteiger partial charge in [0.15, 0.2) is 0 Å². The van der Waals surface area contributed by atoms with E-state index in [-0.39, 0.29) is 11.6 Å². The Balaban J connectivity index is 2.31. The van der Waals surface area contributed by atoms with Crippen LogP contribution in [0.3, 0.4) is 0 Å². The smallest absolute Gasteiger partial charge is 0.278 e. The fraction of sp³-hybridized carbons (Fsp3) is 0.214. The van der Waals surface area contributed by atoms with Crippen molar-refractivity contribution >= 4 is 27.4 Å². The molecule has 0 radical (unpaired) electrons. The molecule has 2 rings (SSSR count). The number of halogens is 1. The normalized spacial score (nSPS) is 10.2. The molecule has 0 atom stereocenters. The first-order valence-corrected chi connectivity index (χ1v) is 7.22. The summed E-state index contributed by atoms with van der Waals surface area (Å²) in [4.78, 5) is 14.7. The molecule has 1 aromatic carbocycles. The highest BCUT2D eigenvalue weighted by Gasteiger charge is 2.13. The zero-order chi connectivity index (χ0) is 15.2. The van der Waals surface area contributed by atoms with Gasteiger partial charge < -0.3 is 10.1 Å². The van der Waals surface area contributed by atoms with Gasteiger partial charge >= 0.3 is 0 Å². The van der Waals surface area contributed by atoms with Gasteiger partial charge in [-0.25, -0.2) is 0 Å². The lowest BCUT2D eigenvalue weighted by molar-refractivity contribution is -0.384. The maximum atomic E-state index is 11.0. The molecule has 21 heavy (non-hydrogen) atoms. The van der Waals surface area contributed by atoms with Crippen LogP contribution in [0.15, 0.2) is 40.9 Å². The summed E-state index contributed by atoms with van der Waals surface area (Å²) in [5, 5.41) is 14.0. The number of aromatic nitrogens is 1. The van der Waals surface area contributed by atoms with E-state index in [0.29, 0.717) is 18.1 Å². The Labute approximate surface area is 130 Å². The number of benzene rings is 1. The molecule has 0 aliphatic heterocycles. The summed E-state index contributed by atoms with van der Waals surface area (Å²) in [6.45, 7) is 2.69. The van der Waals surface area contributed by atoms with Gasteiger partial charge in [-0.2, -0.15) is 4.98 Å². The lowest BCUT2D eigenvalue weighted by Gasteiger charge is -2.09. The molecule has 0 saturated heterocycles. The predicted octanol–water partition coefficient (Wildman–Crippen LogP) is 4.37. The zero-order valence-corrected chi connectivity index (χ0v) is 13.0. The van der Waals surface area contributed by atoms with Gasteiger partial charge in [-0.15, -0.1) is 0 Å². The van der Waals surface area contributed by atoms with Crippen molar-refractivity contribution in [2.75, 3.05) is 11.9 Å². The van der Waals surface area contributed by atoms with E-state index in [2.05, 4.69) is 26.2 Å². The molecule has 0 saturated carbocycles. The van der Waals surface area contributed by atoms with Gasteiger partial charge in [0.05, 0.1) is 21.5 Å². The van der Waals surface area contributed by atoms with Crippen molar-refractivity contribution in [2.45, 2.75) is 13.3 Å². The third-order valence-electron chi connectivity index (χ3n) is 2.60. The summed E-state index contributed by atoms with van der Waals surface area (Å²) in [6.07, 6.45) is 0.894. The number of pyridine rings is 1. The number of ether oxygens (including phenoxy) is 1. The molecule has 0 aliphatic rings. The van der Waals surface area contributed by atoms with E-state index < -0.39 is 4.92 Å². The predicted molar refractivity (Wildman–Crippen MR) is 83.9 cm³/mol. The second-order valence-electron chi connectivity index (χ2n) is 4.27. The number of hydrogen-bond acceptors (Lipinski definition) is 5. The molecular formula is C14H14BrN3O3. The molecule has 2 aromatic rings. The van der Waals surface area contributed by atoms with E-state index in [1.807, 2.05) is 25.1 Å². The van der Waals surface area contributed by atoms with Gasteiger partial charge in [0.2, 0.25) is 5.88 Å². The van der Waals surface area contributed by atoms with Crippen LogP contribution in [0.5, 0.6) is 11.6 Å². The SMILES string of the molecule is CCCNc1cc([N+](=O)[O-])cc(Oc2ccccc2Br)n1. The minimum Gasteiger partial charge on any atom is -0.438 e. The van der Waals surface area contributed by atoms with Gasteiger partial charge in [-0.3, -0.25) is 10.1 Å². The average Bonchev–Trinajstić information content (AvgIpc) is 2.47. The van der Waals surface area contributed by atoms with Crippen LogP contribution in [-0.4, -0.2) is 16.5 Å². The Bertz CT molecular complexity index is 649. The summed E-state index contributed by atoms with van der Waals surface area (Å²) < 4.78 is 6.37. The summed E-state index contributed by atoms with van der Waals surface area (Å²) in [5.74, 6) is 1.15. The van der Waals surface area contributed by atoms with Crippen LogP contribution in [0.2, 0.25) is 0 Å². The molecule has 6 nitrogen and oxygen atoms in total. The monoisotopic (exact) mass is 351 g/mol. The van der Waals surface area contributed by atoms with Crippen molar-refractivity contribution in [1.82, 2.24) is 4.98 Å². The maximum absolute atomic E-state index is 11.0. The molecule has 7 heteroatoms. The number of anilines is 1. The van der Waals surface area contributed by atoms with Crippen molar-refractivity contribution in [1.29, 1.82) is 0 Å². The Morgan fingerprint density at radius 3 is 2.81 bits per heavy atom. The van der Waals surface area contributed by atoms with Crippen molar-refractivity contribution in [3.05, 3.63) is 51.0 Å². The molecular weight excluding hydrogens is 338 g/mol. The van der Waals surface area contributed by atoms with Gasteiger partial charge in [0.1, 0.15) is 11.6 Å². The number of rotatable bonds is 6. The van der Waals surface area contributed by atoms with Crippen LogP contribution in [0.4, 0.5) is 11.5 Å². The fourth-order valence-electron chi connectivity index (χ4n) is 1.63. The fourth-order valence-corrected chi connectivity index (χ4v) is 2.00. The number of hydrogen-bond donors (Lipinski definition) is 1. The second-order valence-corrected chi connectivity index (χ2v) is 5.12. The summed E-state index contributed by atoms with van der Waals surface area (Å²) in [6, 6.07) is 9.94. The van der Waals surface area contributed by atoms with Gasteiger partial charge in [0, 0.05) is 6.54 Å². The Morgan fingerprint density at radius 2 is 2.14 bits per heavy atom. The molecule has 110 valence electrons. The summed E-state index contributed by atoms with van der Waals surface area (Å²) in [5.41, 5.74) is -0.0642. The van der Waals surface area contributed by atoms with Gasteiger partial charge in [-0.1, -0.05) is 19.1 Å². The minimum atomic E-state index is -0.467. The van der Waals surface area contributed by atoms with E-state index in [1.165, 1.54) is 12.1 Å². The average molecular weight is 352 g/mol. The molecule has 1 aromatic heterocycles. The van der Waals surface area contributed by atoms with Gasteiger partial charge in [0.25, 0.3) is 5.69 Å². The summed E-state index contributed by atoms with van der Waals surface area (Å²) >= 11 is 3.36. The maximum Gasteiger partial charge on any atom is 0.278 e. The number of nitro groups is 1.